The third-order valence-electron chi connectivity index (χ3n) is 3.38. The highest BCUT2D eigenvalue weighted by molar-refractivity contribution is 5.93. The van der Waals surface area contributed by atoms with Crippen molar-refractivity contribution >= 4 is 23.3 Å². The first-order valence-corrected chi connectivity index (χ1v) is 7.03. The zero-order valence-electron chi connectivity index (χ0n) is 12.2. The Morgan fingerprint density at radius 3 is 2.83 bits per heavy atom. The molecule has 8 heteroatoms. The molecule has 1 atom stereocenters. The van der Waals surface area contributed by atoms with Crippen LogP contribution in [0, 0.1) is 21.8 Å². The van der Waals surface area contributed by atoms with Crippen LogP contribution in [0.1, 0.15) is 19.3 Å². The van der Waals surface area contributed by atoms with Crippen molar-refractivity contribution in [2.24, 2.45) is 5.92 Å². The summed E-state index contributed by atoms with van der Waals surface area (Å²) in [4.78, 5) is 33.4. The number of rotatable bonds is 5. The molecule has 0 saturated heterocycles. The number of carbonyl (C=O) groups excluding carboxylic acids is 2. The topological polar surface area (TPSA) is 98.5 Å². The Hall–Kier alpha value is -2.77. The van der Waals surface area contributed by atoms with E-state index in [2.05, 4.69) is 5.32 Å². The van der Waals surface area contributed by atoms with Crippen molar-refractivity contribution in [3.8, 4) is 0 Å². The fraction of sp³-hybridized carbons (Fsp3) is 0.333. The standard InChI is InChI=1S/C15H15FN2O5/c16-12-7-6-11(18(21)22)8-13(12)17-14(19)9-23-15(20)10-4-2-1-3-5-10/h1-2,6-8,10H,3-5,9H2,(H,17,19)/t10-/m1/s1. The second kappa shape index (κ2) is 7.48. The predicted octanol–water partition coefficient (Wildman–Crippen LogP) is 2.57. The summed E-state index contributed by atoms with van der Waals surface area (Å²) < 4.78 is 18.4. The molecule has 0 unspecified atom stereocenters. The first kappa shape index (κ1) is 16.6. The molecule has 7 nitrogen and oxygen atoms in total. The Labute approximate surface area is 131 Å². The first-order valence-electron chi connectivity index (χ1n) is 7.03. The van der Waals surface area contributed by atoms with E-state index in [0.29, 0.717) is 12.8 Å². The third-order valence-corrected chi connectivity index (χ3v) is 3.38. The van der Waals surface area contributed by atoms with E-state index >= 15 is 0 Å². The van der Waals surface area contributed by atoms with Crippen molar-refractivity contribution < 1.29 is 23.6 Å². The molecule has 1 aliphatic rings. The molecule has 0 spiro atoms. The predicted molar refractivity (Wildman–Crippen MR) is 79.1 cm³/mol. The van der Waals surface area contributed by atoms with E-state index in [1.165, 1.54) is 0 Å². The van der Waals surface area contributed by atoms with Crippen LogP contribution in [0.4, 0.5) is 15.8 Å². The van der Waals surface area contributed by atoms with E-state index in [4.69, 9.17) is 4.74 Å². The molecule has 1 aliphatic carbocycles. The van der Waals surface area contributed by atoms with Gasteiger partial charge in [-0.15, -0.1) is 0 Å². The molecule has 0 bridgehead atoms. The van der Waals surface area contributed by atoms with Gasteiger partial charge in [0.2, 0.25) is 0 Å². The number of non-ortho nitro benzene ring substituents is 1. The number of hydrogen-bond acceptors (Lipinski definition) is 5. The number of nitrogens with one attached hydrogen (secondary N) is 1. The van der Waals surface area contributed by atoms with E-state index < -0.39 is 29.2 Å². The number of nitro benzene ring substituents is 1. The normalized spacial score (nSPS) is 16.7. The van der Waals surface area contributed by atoms with Crippen LogP contribution in [0.5, 0.6) is 0 Å². The van der Waals surface area contributed by atoms with Gasteiger partial charge in [0, 0.05) is 12.1 Å². The molecule has 1 amide bonds. The van der Waals surface area contributed by atoms with Crippen molar-refractivity contribution in [3.05, 3.63) is 46.3 Å². The number of esters is 1. The molecule has 0 aromatic heterocycles. The van der Waals surface area contributed by atoms with Gasteiger partial charge in [-0.1, -0.05) is 12.2 Å². The number of ether oxygens (including phenoxy) is 1. The Kier molecular flexibility index (Phi) is 5.40. The number of halogens is 1. The van der Waals surface area contributed by atoms with Gasteiger partial charge in [-0.05, 0) is 25.3 Å². The number of allylic oxidation sites excluding steroid dienone is 2. The van der Waals surface area contributed by atoms with E-state index in [1.807, 2.05) is 12.2 Å². The van der Waals surface area contributed by atoms with Gasteiger partial charge >= 0.3 is 5.97 Å². The fourth-order valence-corrected chi connectivity index (χ4v) is 2.17. The van der Waals surface area contributed by atoms with Crippen LogP contribution in [0.25, 0.3) is 0 Å². The summed E-state index contributed by atoms with van der Waals surface area (Å²) in [5, 5.41) is 12.8. The molecule has 1 aromatic rings. The lowest BCUT2D eigenvalue weighted by Gasteiger charge is -2.16. The molecule has 23 heavy (non-hydrogen) atoms. The lowest BCUT2D eigenvalue weighted by molar-refractivity contribution is -0.384. The van der Waals surface area contributed by atoms with Gasteiger partial charge in [0.15, 0.2) is 6.61 Å². The molecular formula is C15H15FN2O5. The third kappa shape index (κ3) is 4.60. The van der Waals surface area contributed by atoms with Crippen LogP contribution in [-0.4, -0.2) is 23.4 Å². The smallest absolute Gasteiger partial charge is 0.309 e. The highest BCUT2D eigenvalue weighted by atomic mass is 19.1. The van der Waals surface area contributed by atoms with Gasteiger partial charge in [-0.2, -0.15) is 0 Å². The van der Waals surface area contributed by atoms with Gasteiger partial charge in [-0.25, -0.2) is 4.39 Å². The maximum absolute atomic E-state index is 13.5. The molecule has 0 heterocycles. The maximum Gasteiger partial charge on any atom is 0.309 e. The molecule has 1 N–H and O–H groups in total. The summed E-state index contributed by atoms with van der Waals surface area (Å²) in [6.45, 7) is -0.568. The average Bonchev–Trinajstić information content (AvgIpc) is 2.55. The molecule has 1 aromatic carbocycles. The largest absolute Gasteiger partial charge is 0.455 e. The van der Waals surface area contributed by atoms with Crippen molar-refractivity contribution in [1.82, 2.24) is 0 Å². The molecule has 122 valence electrons. The molecule has 0 saturated carbocycles. The highest BCUT2D eigenvalue weighted by Crippen LogP contribution is 2.22. The van der Waals surface area contributed by atoms with Crippen molar-refractivity contribution in [2.75, 3.05) is 11.9 Å². The number of nitrogens with zero attached hydrogens (tertiary/aromatic N) is 1. The molecular weight excluding hydrogens is 307 g/mol. The molecule has 0 fully saturated rings. The Morgan fingerprint density at radius 2 is 2.17 bits per heavy atom. The Balaban J connectivity index is 1.89. The molecule has 0 radical (unpaired) electrons. The number of benzene rings is 1. The van der Waals surface area contributed by atoms with Crippen LogP contribution in [-0.2, 0) is 14.3 Å². The summed E-state index contributed by atoms with van der Waals surface area (Å²) in [7, 11) is 0. The number of anilines is 1. The summed E-state index contributed by atoms with van der Waals surface area (Å²) in [5.74, 6) is -2.33. The highest BCUT2D eigenvalue weighted by Gasteiger charge is 2.21. The maximum atomic E-state index is 13.5. The van der Waals surface area contributed by atoms with Crippen molar-refractivity contribution in [2.45, 2.75) is 19.3 Å². The monoisotopic (exact) mass is 322 g/mol. The number of carbonyl (C=O) groups is 2. The second-order valence-corrected chi connectivity index (χ2v) is 5.06. The van der Waals surface area contributed by atoms with E-state index in [9.17, 15) is 24.1 Å². The summed E-state index contributed by atoms with van der Waals surface area (Å²) in [6.07, 6.45) is 5.87. The fourth-order valence-electron chi connectivity index (χ4n) is 2.17. The van der Waals surface area contributed by atoms with Gasteiger partial charge in [0.05, 0.1) is 16.5 Å². The number of amides is 1. The average molecular weight is 322 g/mol. The number of nitro groups is 1. The minimum Gasteiger partial charge on any atom is -0.455 e. The van der Waals surface area contributed by atoms with E-state index in [0.717, 1.165) is 24.6 Å². The number of hydrogen-bond donors (Lipinski definition) is 1. The van der Waals surface area contributed by atoms with Crippen molar-refractivity contribution in [3.63, 3.8) is 0 Å². The van der Waals surface area contributed by atoms with E-state index in [1.54, 1.807) is 0 Å². The first-order chi connectivity index (χ1) is 11.0. The Morgan fingerprint density at radius 1 is 1.39 bits per heavy atom. The summed E-state index contributed by atoms with van der Waals surface area (Å²) >= 11 is 0. The molecule has 0 aliphatic heterocycles. The molecule has 2 rings (SSSR count). The summed E-state index contributed by atoms with van der Waals surface area (Å²) in [5.41, 5.74) is -0.687. The van der Waals surface area contributed by atoms with Crippen LogP contribution in [0.15, 0.2) is 30.4 Å². The van der Waals surface area contributed by atoms with Crippen LogP contribution >= 0.6 is 0 Å². The Bertz CT molecular complexity index is 659. The van der Waals surface area contributed by atoms with Gasteiger partial charge in [-0.3, -0.25) is 19.7 Å². The van der Waals surface area contributed by atoms with Crippen molar-refractivity contribution in [1.29, 1.82) is 0 Å². The second-order valence-electron chi connectivity index (χ2n) is 5.06. The quantitative estimate of drug-likeness (QED) is 0.389. The lowest BCUT2D eigenvalue weighted by atomic mass is 9.95. The SMILES string of the molecule is O=C(COC(=O)[C@@H]1CC=CCC1)Nc1cc([N+](=O)[O-])ccc1F. The van der Waals surface area contributed by atoms with Gasteiger partial charge in [0.25, 0.3) is 11.6 Å². The van der Waals surface area contributed by atoms with Gasteiger partial charge < -0.3 is 10.1 Å². The van der Waals surface area contributed by atoms with Crippen LogP contribution in [0.2, 0.25) is 0 Å². The summed E-state index contributed by atoms with van der Waals surface area (Å²) in [6, 6.07) is 2.77. The van der Waals surface area contributed by atoms with Crippen LogP contribution in [0.3, 0.4) is 0 Å². The van der Waals surface area contributed by atoms with Gasteiger partial charge in [0.1, 0.15) is 5.82 Å². The van der Waals surface area contributed by atoms with E-state index in [-0.39, 0.29) is 17.3 Å². The van der Waals surface area contributed by atoms with Crippen LogP contribution < -0.4 is 5.32 Å². The minimum absolute atomic E-state index is 0.276. The minimum atomic E-state index is -0.812. The zero-order valence-corrected chi connectivity index (χ0v) is 12.2. The zero-order chi connectivity index (χ0) is 16.8. The lowest BCUT2D eigenvalue weighted by Crippen LogP contribution is -2.25.